The summed E-state index contributed by atoms with van der Waals surface area (Å²) in [6.45, 7) is 2.01. The first-order valence-electron chi connectivity index (χ1n) is 6.31. The first-order chi connectivity index (χ1) is 10.5. The summed E-state index contributed by atoms with van der Waals surface area (Å²) >= 11 is 0. The van der Waals surface area contributed by atoms with Gasteiger partial charge in [-0.3, -0.25) is 30.4 Å². The second-order valence-electron chi connectivity index (χ2n) is 3.98. The highest BCUT2D eigenvalue weighted by atomic mass is 16.6. The van der Waals surface area contributed by atoms with Crippen LogP contribution in [-0.4, -0.2) is 28.6 Å². The highest BCUT2D eigenvalue weighted by Crippen LogP contribution is 2.29. The average molecular weight is 310 g/mol. The first-order valence-corrected chi connectivity index (χ1v) is 6.31. The number of nitrogens with one attached hydrogen (secondary N) is 1. The number of ether oxygens (including phenoxy) is 1. The van der Waals surface area contributed by atoms with Gasteiger partial charge in [0.15, 0.2) is 0 Å². The van der Waals surface area contributed by atoms with Gasteiger partial charge < -0.3 is 4.74 Å². The van der Waals surface area contributed by atoms with Crippen LogP contribution in [-0.2, 0) is 9.53 Å². The van der Waals surface area contributed by atoms with Gasteiger partial charge in [0.2, 0.25) is 0 Å². The molecule has 0 aliphatic carbocycles. The lowest BCUT2D eigenvalue weighted by Crippen LogP contribution is -2.03. The van der Waals surface area contributed by atoms with Crippen molar-refractivity contribution in [2.24, 2.45) is 5.10 Å². The van der Waals surface area contributed by atoms with Crippen molar-refractivity contribution in [1.29, 1.82) is 0 Å². The van der Waals surface area contributed by atoms with Crippen LogP contribution in [0.5, 0.6) is 0 Å². The number of rotatable bonds is 8. The van der Waals surface area contributed by atoms with Crippen molar-refractivity contribution in [3.63, 3.8) is 0 Å². The molecule has 0 saturated carbocycles. The maximum Gasteiger partial charge on any atom is 0.348 e. The Morgan fingerprint density at radius 1 is 1.32 bits per heavy atom. The standard InChI is InChI=1S/C12H14N4O6/c1-2-22-12(17)4-3-7-13-14-9-5-6-10(15(18)19)11(8-9)16(20)21/h5-8,14H,2-4H2,1H3/b13-7+. The Morgan fingerprint density at radius 3 is 2.59 bits per heavy atom. The van der Waals surface area contributed by atoms with Gasteiger partial charge in [-0.05, 0) is 19.4 Å². The average Bonchev–Trinajstić information content (AvgIpc) is 2.46. The number of carbonyl (C=O) groups is 1. The quantitative estimate of drug-likeness (QED) is 0.336. The number of hydrazone groups is 1. The second-order valence-corrected chi connectivity index (χ2v) is 3.98. The third-order valence-corrected chi connectivity index (χ3v) is 2.44. The molecule has 0 atom stereocenters. The topological polar surface area (TPSA) is 137 Å². The van der Waals surface area contributed by atoms with Crippen molar-refractivity contribution in [2.75, 3.05) is 12.0 Å². The van der Waals surface area contributed by atoms with E-state index >= 15 is 0 Å². The lowest BCUT2D eigenvalue weighted by Gasteiger charge is -2.01. The molecule has 0 heterocycles. The van der Waals surface area contributed by atoms with E-state index < -0.39 is 21.2 Å². The van der Waals surface area contributed by atoms with Gasteiger partial charge >= 0.3 is 17.3 Å². The SMILES string of the molecule is CCOC(=O)CC/C=N/Nc1ccc([N+](=O)[O-])c([N+](=O)[O-])c1. The summed E-state index contributed by atoms with van der Waals surface area (Å²) in [5.74, 6) is -0.347. The Morgan fingerprint density at radius 2 is 2.00 bits per heavy atom. The lowest BCUT2D eigenvalue weighted by atomic mass is 10.2. The zero-order valence-corrected chi connectivity index (χ0v) is 11.7. The number of hydrogen-bond donors (Lipinski definition) is 1. The van der Waals surface area contributed by atoms with Gasteiger partial charge in [0.25, 0.3) is 0 Å². The molecule has 1 rings (SSSR count). The van der Waals surface area contributed by atoms with Gasteiger partial charge in [-0.15, -0.1) is 0 Å². The molecule has 0 fully saturated rings. The van der Waals surface area contributed by atoms with E-state index in [0.29, 0.717) is 13.0 Å². The minimum absolute atomic E-state index is 0.166. The highest BCUT2D eigenvalue weighted by molar-refractivity contribution is 5.73. The molecule has 118 valence electrons. The number of nitrogens with zero attached hydrogens (tertiary/aromatic N) is 3. The van der Waals surface area contributed by atoms with Crippen molar-refractivity contribution >= 4 is 29.2 Å². The lowest BCUT2D eigenvalue weighted by molar-refractivity contribution is -0.422. The summed E-state index contributed by atoms with van der Waals surface area (Å²) in [5.41, 5.74) is 1.51. The van der Waals surface area contributed by atoms with Crippen molar-refractivity contribution in [3.8, 4) is 0 Å². The molecule has 0 saturated heterocycles. The summed E-state index contributed by atoms with van der Waals surface area (Å²) in [7, 11) is 0. The predicted molar refractivity (Wildman–Crippen MR) is 77.7 cm³/mol. The number of nitro benzene ring substituents is 2. The van der Waals surface area contributed by atoms with Crippen LogP contribution in [0.1, 0.15) is 19.8 Å². The largest absolute Gasteiger partial charge is 0.466 e. The van der Waals surface area contributed by atoms with E-state index in [1.165, 1.54) is 12.3 Å². The van der Waals surface area contributed by atoms with Gasteiger partial charge in [0.1, 0.15) is 0 Å². The maximum absolute atomic E-state index is 11.1. The van der Waals surface area contributed by atoms with Crippen molar-refractivity contribution in [2.45, 2.75) is 19.8 Å². The predicted octanol–water partition coefficient (Wildman–Crippen LogP) is 2.24. The van der Waals surface area contributed by atoms with E-state index in [4.69, 9.17) is 4.74 Å². The third-order valence-electron chi connectivity index (χ3n) is 2.44. The smallest absolute Gasteiger partial charge is 0.348 e. The Kier molecular flexibility index (Phi) is 6.41. The molecular formula is C12H14N4O6. The summed E-state index contributed by atoms with van der Waals surface area (Å²) in [6, 6.07) is 3.34. The Bertz CT molecular complexity index is 601. The van der Waals surface area contributed by atoms with Crippen LogP contribution in [0.25, 0.3) is 0 Å². The summed E-state index contributed by atoms with van der Waals surface area (Å²) in [5, 5.41) is 25.2. The maximum atomic E-state index is 11.1. The van der Waals surface area contributed by atoms with E-state index in [9.17, 15) is 25.0 Å². The molecule has 0 aromatic heterocycles. The van der Waals surface area contributed by atoms with E-state index in [-0.39, 0.29) is 18.1 Å². The second kappa shape index (κ2) is 8.29. The number of carbonyl (C=O) groups excluding carboxylic acids is 1. The number of anilines is 1. The highest BCUT2D eigenvalue weighted by Gasteiger charge is 2.23. The molecule has 1 aromatic carbocycles. The molecule has 0 bridgehead atoms. The zero-order valence-electron chi connectivity index (χ0n) is 11.7. The fourth-order valence-electron chi connectivity index (χ4n) is 1.49. The minimum atomic E-state index is -0.840. The number of nitro groups is 2. The van der Waals surface area contributed by atoms with Crippen molar-refractivity contribution in [3.05, 3.63) is 38.4 Å². The van der Waals surface area contributed by atoms with E-state index in [1.807, 2.05) is 0 Å². The molecule has 10 nitrogen and oxygen atoms in total. The Labute approximate surface area is 125 Å². The van der Waals surface area contributed by atoms with Crippen LogP contribution >= 0.6 is 0 Å². The third kappa shape index (κ3) is 5.15. The summed E-state index contributed by atoms with van der Waals surface area (Å²) in [6.07, 6.45) is 1.91. The van der Waals surface area contributed by atoms with E-state index in [1.54, 1.807) is 6.92 Å². The van der Waals surface area contributed by atoms with Crippen LogP contribution in [0.2, 0.25) is 0 Å². The molecule has 0 aliphatic rings. The van der Waals surface area contributed by atoms with Gasteiger partial charge in [-0.2, -0.15) is 5.10 Å². The number of benzene rings is 1. The summed E-state index contributed by atoms with van der Waals surface area (Å²) in [4.78, 5) is 30.8. The van der Waals surface area contributed by atoms with Crippen molar-refractivity contribution in [1.82, 2.24) is 0 Å². The number of esters is 1. The van der Waals surface area contributed by atoms with Crippen LogP contribution in [0.15, 0.2) is 23.3 Å². The van der Waals surface area contributed by atoms with E-state index in [0.717, 1.165) is 12.1 Å². The van der Waals surface area contributed by atoms with Crippen LogP contribution in [0, 0.1) is 20.2 Å². The van der Waals surface area contributed by atoms with Gasteiger partial charge in [0, 0.05) is 18.3 Å². The fraction of sp³-hybridized carbons (Fsp3) is 0.333. The fourth-order valence-corrected chi connectivity index (χ4v) is 1.49. The molecule has 1 N–H and O–H groups in total. The van der Waals surface area contributed by atoms with Crippen molar-refractivity contribution < 1.29 is 19.4 Å². The van der Waals surface area contributed by atoms with Gasteiger partial charge in [-0.1, -0.05) is 0 Å². The first kappa shape index (κ1) is 17.0. The Balaban J connectivity index is 2.63. The zero-order chi connectivity index (χ0) is 16.5. The molecule has 1 aromatic rings. The van der Waals surface area contributed by atoms with Crippen LogP contribution in [0.3, 0.4) is 0 Å². The van der Waals surface area contributed by atoms with Crippen LogP contribution in [0.4, 0.5) is 17.1 Å². The van der Waals surface area contributed by atoms with E-state index in [2.05, 4.69) is 10.5 Å². The summed E-state index contributed by atoms with van der Waals surface area (Å²) < 4.78 is 4.72. The van der Waals surface area contributed by atoms with Gasteiger partial charge in [0.05, 0.1) is 28.6 Å². The van der Waals surface area contributed by atoms with Gasteiger partial charge in [-0.25, -0.2) is 0 Å². The molecule has 0 aliphatic heterocycles. The molecule has 0 unspecified atom stereocenters. The van der Waals surface area contributed by atoms with Crippen LogP contribution < -0.4 is 5.43 Å². The normalized spacial score (nSPS) is 10.4. The Hall–Kier alpha value is -3.04. The molecule has 22 heavy (non-hydrogen) atoms. The molecule has 10 heteroatoms. The molecule has 0 spiro atoms. The molecular weight excluding hydrogens is 296 g/mol. The molecule has 0 amide bonds. The monoisotopic (exact) mass is 310 g/mol. The number of hydrogen-bond acceptors (Lipinski definition) is 8. The minimum Gasteiger partial charge on any atom is -0.466 e. The molecule has 0 radical (unpaired) electrons.